The second kappa shape index (κ2) is 7.07. The molecule has 0 radical (unpaired) electrons. The Bertz CT molecular complexity index is 582. The predicted molar refractivity (Wildman–Crippen MR) is 82.4 cm³/mol. The molecule has 5 nitrogen and oxygen atoms in total. The molecule has 0 unspecified atom stereocenters. The van der Waals surface area contributed by atoms with Gasteiger partial charge >= 0.3 is 0 Å². The number of rotatable bonds is 2. The standard InChI is InChI=1S/C15H19ClFN3O2/c1-18-14(21)11-8-19(2)5-6-20(9-11)15(22)10-3-4-13(17)12(16)7-10/h3-4,7,11H,5-6,8-9H2,1-2H3,(H,18,21)/t11-/m1/s1. The molecule has 7 heteroatoms. The first kappa shape index (κ1) is 16.7. The molecule has 1 aromatic rings. The van der Waals surface area contributed by atoms with E-state index in [0.717, 1.165) is 0 Å². The molecule has 1 heterocycles. The van der Waals surface area contributed by atoms with E-state index in [9.17, 15) is 14.0 Å². The number of nitrogens with zero attached hydrogens (tertiary/aromatic N) is 2. The minimum atomic E-state index is -0.558. The van der Waals surface area contributed by atoms with E-state index in [1.807, 2.05) is 11.9 Å². The number of likely N-dealkylation sites (N-methyl/N-ethyl adjacent to an activating group) is 1. The number of halogens is 2. The third-order valence-electron chi connectivity index (χ3n) is 3.80. The van der Waals surface area contributed by atoms with Crippen LogP contribution in [0.5, 0.6) is 0 Å². The monoisotopic (exact) mass is 327 g/mol. The van der Waals surface area contributed by atoms with E-state index in [1.54, 1.807) is 11.9 Å². The number of benzene rings is 1. The first-order chi connectivity index (χ1) is 10.4. The first-order valence-electron chi connectivity index (χ1n) is 7.07. The van der Waals surface area contributed by atoms with Gasteiger partial charge in [-0.25, -0.2) is 4.39 Å². The van der Waals surface area contributed by atoms with Crippen LogP contribution in [0.1, 0.15) is 10.4 Å². The van der Waals surface area contributed by atoms with Crippen LogP contribution < -0.4 is 5.32 Å². The molecule has 1 atom stereocenters. The highest BCUT2D eigenvalue weighted by Gasteiger charge is 2.29. The summed E-state index contributed by atoms with van der Waals surface area (Å²) in [5.74, 6) is -1.19. The van der Waals surface area contributed by atoms with Gasteiger partial charge in [0.1, 0.15) is 5.82 Å². The Kier molecular flexibility index (Phi) is 5.37. The summed E-state index contributed by atoms with van der Waals surface area (Å²) in [6, 6.07) is 3.91. The van der Waals surface area contributed by atoms with Crippen molar-refractivity contribution in [3.63, 3.8) is 0 Å². The van der Waals surface area contributed by atoms with Gasteiger partial charge in [-0.15, -0.1) is 0 Å². The molecule has 0 bridgehead atoms. The minimum Gasteiger partial charge on any atom is -0.359 e. The molecular formula is C15H19ClFN3O2. The highest BCUT2D eigenvalue weighted by molar-refractivity contribution is 6.31. The van der Waals surface area contributed by atoms with Crippen molar-refractivity contribution in [2.45, 2.75) is 0 Å². The second-order valence-corrected chi connectivity index (χ2v) is 5.86. The van der Waals surface area contributed by atoms with Crippen LogP contribution in [0.25, 0.3) is 0 Å². The largest absolute Gasteiger partial charge is 0.359 e. The van der Waals surface area contributed by atoms with Crippen LogP contribution in [0.2, 0.25) is 5.02 Å². The zero-order valence-corrected chi connectivity index (χ0v) is 13.4. The SMILES string of the molecule is CNC(=O)[C@@H]1CN(C)CCN(C(=O)c2ccc(F)c(Cl)c2)C1. The Morgan fingerprint density at radius 1 is 1.32 bits per heavy atom. The Balaban J connectivity index is 2.19. The fourth-order valence-electron chi connectivity index (χ4n) is 2.54. The molecule has 120 valence electrons. The molecule has 1 N–H and O–H groups in total. The Labute approximate surface area is 134 Å². The summed E-state index contributed by atoms with van der Waals surface area (Å²) in [5, 5.41) is 2.54. The third kappa shape index (κ3) is 3.75. The van der Waals surface area contributed by atoms with Crippen molar-refractivity contribution in [2.24, 2.45) is 5.92 Å². The molecule has 0 spiro atoms. The van der Waals surface area contributed by atoms with Gasteiger partial charge in [-0.05, 0) is 25.2 Å². The Morgan fingerprint density at radius 3 is 2.68 bits per heavy atom. The van der Waals surface area contributed by atoms with Gasteiger partial charge in [0.05, 0.1) is 10.9 Å². The van der Waals surface area contributed by atoms with Crippen LogP contribution in [0, 0.1) is 11.7 Å². The van der Waals surface area contributed by atoms with E-state index in [1.165, 1.54) is 18.2 Å². The van der Waals surface area contributed by atoms with Crippen LogP contribution in [-0.4, -0.2) is 61.9 Å². The molecule has 1 aromatic carbocycles. The maximum atomic E-state index is 13.2. The smallest absolute Gasteiger partial charge is 0.253 e. The van der Waals surface area contributed by atoms with E-state index in [4.69, 9.17) is 11.6 Å². The molecule has 2 rings (SSSR count). The molecule has 0 saturated carbocycles. The van der Waals surface area contributed by atoms with Crippen molar-refractivity contribution >= 4 is 23.4 Å². The molecule has 1 fully saturated rings. The summed E-state index contributed by atoms with van der Waals surface area (Å²) in [4.78, 5) is 28.1. The second-order valence-electron chi connectivity index (χ2n) is 5.45. The average molecular weight is 328 g/mol. The molecular weight excluding hydrogens is 309 g/mol. The van der Waals surface area contributed by atoms with E-state index in [2.05, 4.69) is 5.32 Å². The summed E-state index contributed by atoms with van der Waals surface area (Å²) in [6.07, 6.45) is 0. The molecule has 0 aliphatic carbocycles. The number of carbonyl (C=O) groups excluding carboxylic acids is 2. The number of hydrogen-bond acceptors (Lipinski definition) is 3. The molecule has 1 aliphatic heterocycles. The van der Waals surface area contributed by atoms with Gasteiger partial charge in [0.2, 0.25) is 5.91 Å². The van der Waals surface area contributed by atoms with Crippen LogP contribution >= 0.6 is 11.6 Å². The summed E-state index contributed by atoms with van der Waals surface area (Å²) in [7, 11) is 3.50. The van der Waals surface area contributed by atoms with Gasteiger partial charge in [0.15, 0.2) is 0 Å². The summed E-state index contributed by atoms with van der Waals surface area (Å²) >= 11 is 5.74. The van der Waals surface area contributed by atoms with E-state index in [-0.39, 0.29) is 22.8 Å². The van der Waals surface area contributed by atoms with Gasteiger partial charge in [-0.2, -0.15) is 0 Å². The van der Waals surface area contributed by atoms with Crippen LogP contribution in [0.4, 0.5) is 4.39 Å². The quantitative estimate of drug-likeness (QED) is 0.889. The van der Waals surface area contributed by atoms with Crippen LogP contribution in [0.15, 0.2) is 18.2 Å². The number of hydrogen-bond donors (Lipinski definition) is 1. The zero-order valence-electron chi connectivity index (χ0n) is 12.6. The highest BCUT2D eigenvalue weighted by atomic mass is 35.5. The van der Waals surface area contributed by atoms with E-state index < -0.39 is 5.82 Å². The zero-order chi connectivity index (χ0) is 16.3. The van der Waals surface area contributed by atoms with Crippen molar-refractivity contribution < 1.29 is 14.0 Å². The van der Waals surface area contributed by atoms with Crippen molar-refractivity contribution in [1.29, 1.82) is 0 Å². The summed E-state index contributed by atoms with van der Waals surface area (Å²) < 4.78 is 13.2. The molecule has 1 aliphatic rings. The maximum absolute atomic E-state index is 13.2. The predicted octanol–water partition coefficient (Wildman–Crippen LogP) is 1.23. The van der Waals surface area contributed by atoms with Gasteiger partial charge in [-0.3, -0.25) is 9.59 Å². The molecule has 22 heavy (non-hydrogen) atoms. The van der Waals surface area contributed by atoms with Gasteiger partial charge in [0, 0.05) is 38.8 Å². The average Bonchev–Trinajstić information content (AvgIpc) is 2.70. The van der Waals surface area contributed by atoms with Crippen molar-refractivity contribution in [3.8, 4) is 0 Å². The lowest BCUT2D eigenvalue weighted by molar-refractivity contribution is -0.125. The van der Waals surface area contributed by atoms with E-state index in [0.29, 0.717) is 31.7 Å². The fraction of sp³-hybridized carbons (Fsp3) is 0.467. The minimum absolute atomic E-state index is 0.0827. The lowest BCUT2D eigenvalue weighted by Gasteiger charge is -2.23. The Hall–Kier alpha value is -1.66. The normalized spacial score (nSPS) is 19.6. The maximum Gasteiger partial charge on any atom is 0.253 e. The topological polar surface area (TPSA) is 52.7 Å². The molecule has 2 amide bonds. The lowest BCUT2D eigenvalue weighted by Crippen LogP contribution is -2.41. The molecule has 1 saturated heterocycles. The highest BCUT2D eigenvalue weighted by Crippen LogP contribution is 2.19. The van der Waals surface area contributed by atoms with Crippen LogP contribution in [0.3, 0.4) is 0 Å². The van der Waals surface area contributed by atoms with E-state index >= 15 is 0 Å². The third-order valence-corrected chi connectivity index (χ3v) is 4.09. The number of carbonyl (C=O) groups is 2. The fourth-order valence-corrected chi connectivity index (χ4v) is 2.72. The first-order valence-corrected chi connectivity index (χ1v) is 7.44. The van der Waals surface area contributed by atoms with Crippen molar-refractivity contribution in [1.82, 2.24) is 15.1 Å². The van der Waals surface area contributed by atoms with Gasteiger partial charge < -0.3 is 15.1 Å². The van der Waals surface area contributed by atoms with Crippen LogP contribution in [-0.2, 0) is 4.79 Å². The lowest BCUT2D eigenvalue weighted by atomic mass is 10.1. The molecule has 0 aromatic heterocycles. The number of nitrogens with one attached hydrogen (secondary N) is 1. The summed E-state index contributed by atoms with van der Waals surface area (Å²) in [5.41, 5.74) is 0.326. The van der Waals surface area contributed by atoms with Crippen molar-refractivity contribution in [3.05, 3.63) is 34.6 Å². The van der Waals surface area contributed by atoms with Crippen molar-refractivity contribution in [2.75, 3.05) is 40.3 Å². The Morgan fingerprint density at radius 2 is 2.05 bits per heavy atom. The van der Waals surface area contributed by atoms with Gasteiger partial charge in [0.25, 0.3) is 5.91 Å². The number of amides is 2. The van der Waals surface area contributed by atoms with Gasteiger partial charge in [-0.1, -0.05) is 11.6 Å². The summed E-state index contributed by atoms with van der Waals surface area (Å²) in [6.45, 7) is 2.11.